The summed E-state index contributed by atoms with van der Waals surface area (Å²) in [6.07, 6.45) is 4.97. The fourth-order valence-electron chi connectivity index (χ4n) is 4.32. The van der Waals surface area contributed by atoms with Gasteiger partial charge in [0.1, 0.15) is 0 Å². The normalized spacial score (nSPS) is 16.8. The van der Waals surface area contributed by atoms with Crippen molar-refractivity contribution in [1.29, 1.82) is 0 Å². The van der Waals surface area contributed by atoms with E-state index in [-0.39, 0.29) is 24.8 Å². The van der Waals surface area contributed by atoms with Crippen LogP contribution in [0.5, 0.6) is 0 Å². The highest BCUT2D eigenvalue weighted by molar-refractivity contribution is 5.85. The second-order valence-corrected chi connectivity index (χ2v) is 7.19. The minimum absolute atomic E-state index is 0. The molecule has 4 rings (SSSR count). The van der Waals surface area contributed by atoms with Crippen molar-refractivity contribution in [3.63, 3.8) is 0 Å². The SMILES string of the molecule is CCCC[C@@H](c1ccc2c(c1)Cc1ccccc1-2)N1CCNCC1.Cl.Cl. The molecule has 0 saturated carbocycles. The zero-order valence-corrected chi connectivity index (χ0v) is 17.2. The smallest absolute Gasteiger partial charge is 0.0349 e. The fourth-order valence-corrected chi connectivity index (χ4v) is 4.32. The molecule has 1 atom stereocenters. The first-order valence-corrected chi connectivity index (χ1v) is 9.52. The monoisotopic (exact) mass is 392 g/mol. The van der Waals surface area contributed by atoms with E-state index in [1.165, 1.54) is 60.2 Å². The number of piperazine rings is 1. The maximum Gasteiger partial charge on any atom is 0.0349 e. The van der Waals surface area contributed by atoms with Crippen LogP contribution in [0, 0.1) is 0 Å². The molecule has 142 valence electrons. The zero-order chi connectivity index (χ0) is 16.4. The molecule has 1 heterocycles. The molecule has 1 aliphatic heterocycles. The minimum Gasteiger partial charge on any atom is -0.314 e. The Balaban J connectivity index is 0.00000121. The summed E-state index contributed by atoms with van der Waals surface area (Å²) in [5, 5.41) is 3.49. The van der Waals surface area contributed by atoms with E-state index in [1.807, 2.05) is 0 Å². The van der Waals surface area contributed by atoms with E-state index in [4.69, 9.17) is 0 Å². The number of nitrogens with one attached hydrogen (secondary N) is 1. The summed E-state index contributed by atoms with van der Waals surface area (Å²) in [6.45, 7) is 6.89. The van der Waals surface area contributed by atoms with Gasteiger partial charge in [0.2, 0.25) is 0 Å². The minimum atomic E-state index is 0. The molecule has 26 heavy (non-hydrogen) atoms. The number of fused-ring (bicyclic) bond motifs is 3. The van der Waals surface area contributed by atoms with Crippen LogP contribution in [0.4, 0.5) is 0 Å². The van der Waals surface area contributed by atoms with Gasteiger partial charge >= 0.3 is 0 Å². The van der Waals surface area contributed by atoms with Crippen LogP contribution in [0.25, 0.3) is 11.1 Å². The number of unbranched alkanes of at least 4 members (excludes halogenated alkanes) is 1. The van der Waals surface area contributed by atoms with Crippen molar-refractivity contribution in [1.82, 2.24) is 10.2 Å². The molecule has 4 heteroatoms. The van der Waals surface area contributed by atoms with Crippen LogP contribution in [-0.2, 0) is 6.42 Å². The average Bonchev–Trinajstić information content (AvgIpc) is 3.01. The Hall–Kier alpha value is -1.06. The molecule has 0 radical (unpaired) electrons. The Labute approximate surface area is 170 Å². The number of halogens is 2. The Morgan fingerprint density at radius 1 is 0.962 bits per heavy atom. The lowest BCUT2D eigenvalue weighted by Gasteiger charge is -2.35. The Bertz CT molecular complexity index is 711. The lowest BCUT2D eigenvalue weighted by Crippen LogP contribution is -2.45. The molecule has 1 fully saturated rings. The predicted octanol–water partition coefficient (Wildman–Crippen LogP) is 5.24. The number of hydrogen-bond donors (Lipinski definition) is 1. The molecule has 1 aliphatic carbocycles. The quantitative estimate of drug-likeness (QED) is 0.638. The van der Waals surface area contributed by atoms with Gasteiger partial charge in [-0.15, -0.1) is 24.8 Å². The van der Waals surface area contributed by atoms with Gasteiger partial charge in [0.15, 0.2) is 0 Å². The summed E-state index contributed by atoms with van der Waals surface area (Å²) in [5.74, 6) is 0. The van der Waals surface area contributed by atoms with E-state index in [0.717, 1.165) is 19.5 Å². The number of hydrogen-bond acceptors (Lipinski definition) is 2. The fraction of sp³-hybridized carbons (Fsp3) is 0.455. The summed E-state index contributed by atoms with van der Waals surface area (Å²) in [4.78, 5) is 2.69. The first-order valence-electron chi connectivity index (χ1n) is 9.52. The first kappa shape index (κ1) is 21.2. The van der Waals surface area contributed by atoms with Crippen LogP contribution in [0.2, 0.25) is 0 Å². The number of rotatable bonds is 5. The third-order valence-corrected chi connectivity index (χ3v) is 5.63. The molecular weight excluding hydrogens is 363 g/mol. The summed E-state index contributed by atoms with van der Waals surface area (Å²) in [5.41, 5.74) is 7.41. The van der Waals surface area contributed by atoms with E-state index < -0.39 is 0 Å². The molecule has 1 saturated heterocycles. The number of nitrogens with zero attached hydrogens (tertiary/aromatic N) is 1. The van der Waals surface area contributed by atoms with E-state index in [9.17, 15) is 0 Å². The molecule has 1 N–H and O–H groups in total. The largest absolute Gasteiger partial charge is 0.314 e. The van der Waals surface area contributed by atoms with Crippen LogP contribution < -0.4 is 5.32 Å². The van der Waals surface area contributed by atoms with Gasteiger partial charge in [-0.3, -0.25) is 4.90 Å². The van der Waals surface area contributed by atoms with E-state index in [1.54, 1.807) is 0 Å². The van der Waals surface area contributed by atoms with Gasteiger partial charge in [0.25, 0.3) is 0 Å². The molecular formula is C22H30Cl2N2. The average molecular weight is 393 g/mol. The van der Waals surface area contributed by atoms with Crippen molar-refractivity contribution in [2.75, 3.05) is 26.2 Å². The van der Waals surface area contributed by atoms with Crippen LogP contribution >= 0.6 is 24.8 Å². The lowest BCUT2D eigenvalue weighted by atomic mass is 9.95. The highest BCUT2D eigenvalue weighted by Crippen LogP contribution is 2.38. The Morgan fingerprint density at radius 3 is 2.46 bits per heavy atom. The molecule has 2 nitrogen and oxygen atoms in total. The van der Waals surface area contributed by atoms with Gasteiger partial charge in [-0.25, -0.2) is 0 Å². The third-order valence-electron chi connectivity index (χ3n) is 5.63. The van der Waals surface area contributed by atoms with Crippen molar-refractivity contribution >= 4 is 24.8 Å². The van der Waals surface area contributed by atoms with Crippen molar-refractivity contribution in [3.8, 4) is 11.1 Å². The van der Waals surface area contributed by atoms with E-state index in [0.29, 0.717) is 6.04 Å². The Morgan fingerprint density at radius 2 is 1.69 bits per heavy atom. The van der Waals surface area contributed by atoms with Crippen LogP contribution in [0.1, 0.15) is 48.9 Å². The van der Waals surface area contributed by atoms with E-state index in [2.05, 4.69) is 59.6 Å². The summed E-state index contributed by atoms with van der Waals surface area (Å²) in [6, 6.07) is 16.7. The summed E-state index contributed by atoms with van der Waals surface area (Å²) in [7, 11) is 0. The number of benzene rings is 2. The molecule has 0 aromatic heterocycles. The zero-order valence-electron chi connectivity index (χ0n) is 15.5. The molecule has 2 aromatic rings. The third kappa shape index (κ3) is 4.26. The van der Waals surface area contributed by atoms with Crippen LogP contribution in [0.3, 0.4) is 0 Å². The first-order chi connectivity index (χ1) is 11.9. The summed E-state index contributed by atoms with van der Waals surface area (Å²) >= 11 is 0. The molecule has 0 unspecified atom stereocenters. The van der Waals surface area contributed by atoms with Gasteiger partial charge in [0, 0.05) is 32.2 Å². The molecule has 2 aromatic carbocycles. The highest BCUT2D eigenvalue weighted by Gasteiger charge is 2.24. The highest BCUT2D eigenvalue weighted by atomic mass is 35.5. The standard InChI is InChI=1S/C22H28N2.2ClH/c1-2-3-8-22(24-13-11-23-12-14-24)18-9-10-21-19(16-18)15-17-6-4-5-7-20(17)21;;/h4-7,9-10,16,22-23H,2-3,8,11-15H2,1H3;2*1H/t22-;;/m0../s1. The van der Waals surface area contributed by atoms with Crippen molar-refractivity contribution in [3.05, 3.63) is 59.2 Å². The van der Waals surface area contributed by atoms with Gasteiger partial charge in [-0.1, -0.05) is 62.2 Å². The van der Waals surface area contributed by atoms with Gasteiger partial charge in [-0.05, 0) is 40.7 Å². The molecule has 0 spiro atoms. The van der Waals surface area contributed by atoms with Crippen LogP contribution in [-0.4, -0.2) is 31.1 Å². The van der Waals surface area contributed by atoms with Crippen molar-refractivity contribution in [2.24, 2.45) is 0 Å². The lowest BCUT2D eigenvalue weighted by molar-refractivity contribution is 0.163. The Kier molecular flexibility index (Phi) is 7.97. The molecule has 0 bridgehead atoms. The topological polar surface area (TPSA) is 15.3 Å². The van der Waals surface area contributed by atoms with Crippen LogP contribution in [0.15, 0.2) is 42.5 Å². The van der Waals surface area contributed by atoms with Gasteiger partial charge in [-0.2, -0.15) is 0 Å². The van der Waals surface area contributed by atoms with Crippen molar-refractivity contribution in [2.45, 2.75) is 38.6 Å². The molecule has 2 aliphatic rings. The molecule has 0 amide bonds. The summed E-state index contributed by atoms with van der Waals surface area (Å²) < 4.78 is 0. The second kappa shape index (κ2) is 9.75. The van der Waals surface area contributed by atoms with Gasteiger partial charge < -0.3 is 5.32 Å². The second-order valence-electron chi connectivity index (χ2n) is 7.19. The van der Waals surface area contributed by atoms with Gasteiger partial charge in [0.05, 0.1) is 0 Å². The van der Waals surface area contributed by atoms with Crippen molar-refractivity contribution < 1.29 is 0 Å². The predicted molar refractivity (Wildman–Crippen MR) is 116 cm³/mol. The maximum absolute atomic E-state index is 3.49. The van der Waals surface area contributed by atoms with E-state index >= 15 is 0 Å². The maximum atomic E-state index is 3.49.